The first kappa shape index (κ1) is 18.8. The van der Waals surface area contributed by atoms with Crippen LogP contribution in [0.2, 0.25) is 0 Å². The fourth-order valence-corrected chi connectivity index (χ4v) is 5.11. The van der Waals surface area contributed by atoms with Gasteiger partial charge in [-0.25, -0.2) is 8.42 Å². The molecular weight excluding hydrogens is 382 g/mol. The number of carbonyl (C=O) groups is 1. The first-order valence-electron chi connectivity index (χ1n) is 9.29. The zero-order chi connectivity index (χ0) is 19.7. The molecule has 1 amide bonds. The first-order valence-corrected chi connectivity index (χ1v) is 10.7. The van der Waals surface area contributed by atoms with Gasteiger partial charge < -0.3 is 19.4 Å². The van der Waals surface area contributed by atoms with E-state index < -0.39 is 10.0 Å². The Bertz CT molecular complexity index is 993. The minimum atomic E-state index is -3.56. The van der Waals surface area contributed by atoms with Crippen molar-refractivity contribution >= 4 is 15.9 Å². The third kappa shape index (κ3) is 3.47. The van der Waals surface area contributed by atoms with E-state index in [0.29, 0.717) is 43.5 Å². The Hall–Kier alpha value is -2.52. The number of sulfonamides is 1. The van der Waals surface area contributed by atoms with Crippen molar-refractivity contribution in [3.63, 3.8) is 0 Å². The number of nitrogens with zero attached hydrogens (tertiary/aromatic N) is 2. The number of aromatic nitrogens is 1. The second-order valence-electron chi connectivity index (χ2n) is 6.91. The Morgan fingerprint density at radius 2 is 1.93 bits per heavy atom. The first-order chi connectivity index (χ1) is 13.5. The molecule has 1 saturated heterocycles. The van der Waals surface area contributed by atoms with Gasteiger partial charge >= 0.3 is 0 Å². The van der Waals surface area contributed by atoms with Crippen molar-refractivity contribution in [3.8, 4) is 11.5 Å². The van der Waals surface area contributed by atoms with E-state index in [0.717, 1.165) is 18.4 Å². The van der Waals surface area contributed by atoms with Crippen molar-refractivity contribution in [2.24, 2.45) is 7.05 Å². The largest absolute Gasteiger partial charge is 0.486 e. The maximum atomic E-state index is 12.7. The summed E-state index contributed by atoms with van der Waals surface area (Å²) in [4.78, 5) is 12.8. The van der Waals surface area contributed by atoms with Crippen molar-refractivity contribution in [1.29, 1.82) is 0 Å². The van der Waals surface area contributed by atoms with Gasteiger partial charge in [-0.05, 0) is 25.0 Å². The highest BCUT2D eigenvalue weighted by molar-refractivity contribution is 7.89. The number of ether oxygens (including phenoxy) is 2. The molecule has 0 radical (unpaired) electrons. The minimum Gasteiger partial charge on any atom is -0.486 e. The number of amides is 1. The van der Waals surface area contributed by atoms with Crippen molar-refractivity contribution in [1.82, 2.24) is 14.2 Å². The summed E-state index contributed by atoms with van der Waals surface area (Å²) in [5.41, 5.74) is 1.10. The second-order valence-corrected chi connectivity index (χ2v) is 8.85. The second kappa shape index (κ2) is 7.48. The van der Waals surface area contributed by atoms with Crippen molar-refractivity contribution in [2.75, 3.05) is 26.3 Å². The zero-order valence-electron chi connectivity index (χ0n) is 15.7. The monoisotopic (exact) mass is 405 g/mol. The van der Waals surface area contributed by atoms with Gasteiger partial charge in [-0.15, -0.1) is 0 Å². The molecule has 0 aliphatic carbocycles. The molecule has 1 fully saturated rings. The lowest BCUT2D eigenvalue weighted by Crippen LogP contribution is -2.27. The van der Waals surface area contributed by atoms with E-state index in [2.05, 4.69) is 5.32 Å². The highest BCUT2D eigenvalue weighted by Crippen LogP contribution is 2.33. The molecule has 28 heavy (non-hydrogen) atoms. The summed E-state index contributed by atoms with van der Waals surface area (Å²) in [5, 5.41) is 2.84. The lowest BCUT2D eigenvalue weighted by molar-refractivity contribution is 0.0941. The summed E-state index contributed by atoms with van der Waals surface area (Å²) < 4.78 is 39.6. The number of rotatable bonds is 5. The van der Waals surface area contributed by atoms with Crippen LogP contribution in [0.5, 0.6) is 11.5 Å². The molecule has 1 aromatic carbocycles. The van der Waals surface area contributed by atoms with Crippen LogP contribution in [-0.2, 0) is 23.6 Å². The van der Waals surface area contributed by atoms with E-state index >= 15 is 0 Å². The number of hydrogen-bond donors (Lipinski definition) is 1. The molecule has 4 rings (SSSR count). The van der Waals surface area contributed by atoms with Crippen LogP contribution in [0.3, 0.4) is 0 Å². The van der Waals surface area contributed by atoms with Gasteiger partial charge in [-0.3, -0.25) is 4.79 Å². The number of aryl methyl sites for hydroxylation is 1. The summed E-state index contributed by atoms with van der Waals surface area (Å²) >= 11 is 0. The van der Waals surface area contributed by atoms with Gasteiger partial charge in [0.25, 0.3) is 5.91 Å². The van der Waals surface area contributed by atoms with E-state index in [1.165, 1.54) is 16.6 Å². The molecule has 0 atom stereocenters. The maximum absolute atomic E-state index is 12.7. The van der Waals surface area contributed by atoms with Crippen LogP contribution in [0.25, 0.3) is 0 Å². The number of para-hydroxylation sites is 1. The SMILES string of the molecule is Cn1cc(S(=O)(=O)N2CCCC2)cc1C(=O)NCc1cccc2c1OCCO2. The van der Waals surface area contributed by atoms with Crippen LogP contribution in [0.4, 0.5) is 0 Å². The summed E-state index contributed by atoms with van der Waals surface area (Å²) in [5.74, 6) is 0.953. The topological polar surface area (TPSA) is 89.9 Å². The quantitative estimate of drug-likeness (QED) is 0.815. The van der Waals surface area contributed by atoms with E-state index in [4.69, 9.17) is 9.47 Å². The third-order valence-corrected chi connectivity index (χ3v) is 6.87. The van der Waals surface area contributed by atoms with Crippen LogP contribution in [0, 0.1) is 0 Å². The molecule has 150 valence electrons. The zero-order valence-corrected chi connectivity index (χ0v) is 16.5. The van der Waals surface area contributed by atoms with E-state index in [1.54, 1.807) is 11.6 Å². The van der Waals surface area contributed by atoms with Crippen LogP contribution >= 0.6 is 0 Å². The molecule has 2 aliphatic rings. The summed E-state index contributed by atoms with van der Waals surface area (Å²) in [6, 6.07) is 6.97. The summed E-state index contributed by atoms with van der Waals surface area (Å²) in [7, 11) is -1.89. The Balaban J connectivity index is 1.50. The summed E-state index contributed by atoms with van der Waals surface area (Å²) in [6.45, 7) is 2.28. The number of benzene rings is 1. The van der Waals surface area contributed by atoms with Crippen molar-refractivity contribution < 1.29 is 22.7 Å². The van der Waals surface area contributed by atoms with Gasteiger partial charge in [0.2, 0.25) is 10.0 Å². The van der Waals surface area contributed by atoms with Crippen LogP contribution in [0.15, 0.2) is 35.4 Å². The van der Waals surface area contributed by atoms with Crippen LogP contribution < -0.4 is 14.8 Å². The Kier molecular flexibility index (Phi) is 5.03. The lowest BCUT2D eigenvalue weighted by atomic mass is 10.1. The fraction of sp³-hybridized carbons (Fsp3) is 0.421. The molecule has 0 saturated carbocycles. The molecule has 1 aromatic heterocycles. The molecule has 0 unspecified atom stereocenters. The fourth-order valence-electron chi connectivity index (χ4n) is 3.52. The molecule has 1 N–H and O–H groups in total. The molecule has 8 nitrogen and oxygen atoms in total. The van der Waals surface area contributed by atoms with Crippen LogP contribution in [-0.4, -0.2) is 49.5 Å². The van der Waals surface area contributed by atoms with Gasteiger partial charge in [-0.1, -0.05) is 12.1 Å². The molecule has 0 bridgehead atoms. The molecule has 2 aromatic rings. The Morgan fingerprint density at radius 3 is 2.71 bits per heavy atom. The predicted molar refractivity (Wildman–Crippen MR) is 102 cm³/mol. The highest BCUT2D eigenvalue weighted by atomic mass is 32.2. The number of nitrogens with one attached hydrogen (secondary N) is 1. The lowest BCUT2D eigenvalue weighted by Gasteiger charge is -2.21. The minimum absolute atomic E-state index is 0.149. The molecular formula is C19H23N3O5S. The highest BCUT2D eigenvalue weighted by Gasteiger charge is 2.29. The average molecular weight is 405 g/mol. The Morgan fingerprint density at radius 1 is 1.18 bits per heavy atom. The molecule has 0 spiro atoms. The van der Waals surface area contributed by atoms with Gasteiger partial charge in [0, 0.05) is 38.4 Å². The van der Waals surface area contributed by atoms with Crippen molar-refractivity contribution in [2.45, 2.75) is 24.3 Å². The van der Waals surface area contributed by atoms with E-state index in [-0.39, 0.29) is 17.3 Å². The molecule has 9 heteroatoms. The average Bonchev–Trinajstić information content (AvgIpc) is 3.36. The number of hydrogen-bond acceptors (Lipinski definition) is 5. The van der Waals surface area contributed by atoms with E-state index in [1.807, 2.05) is 18.2 Å². The number of fused-ring (bicyclic) bond motifs is 1. The van der Waals surface area contributed by atoms with Crippen molar-refractivity contribution in [3.05, 3.63) is 41.7 Å². The van der Waals surface area contributed by atoms with Gasteiger partial charge in [0.15, 0.2) is 11.5 Å². The normalized spacial score (nSPS) is 16.9. The van der Waals surface area contributed by atoms with Crippen LogP contribution in [0.1, 0.15) is 28.9 Å². The van der Waals surface area contributed by atoms with Gasteiger partial charge in [0.05, 0.1) is 0 Å². The van der Waals surface area contributed by atoms with Gasteiger partial charge in [0.1, 0.15) is 23.8 Å². The number of carbonyl (C=O) groups excluding carboxylic acids is 1. The summed E-state index contributed by atoms with van der Waals surface area (Å²) in [6.07, 6.45) is 3.23. The smallest absolute Gasteiger partial charge is 0.268 e. The molecule has 2 aliphatic heterocycles. The predicted octanol–water partition coefficient (Wildman–Crippen LogP) is 1.51. The van der Waals surface area contributed by atoms with Gasteiger partial charge in [-0.2, -0.15) is 4.31 Å². The molecule has 3 heterocycles. The standard InChI is InChI=1S/C19H23N3O5S/c1-21-13-15(28(24,25)22-7-2-3-8-22)11-16(21)19(23)20-12-14-5-4-6-17-18(14)27-10-9-26-17/h4-6,11,13H,2-3,7-10,12H2,1H3,(H,20,23). The van der Waals surface area contributed by atoms with E-state index in [9.17, 15) is 13.2 Å². The maximum Gasteiger partial charge on any atom is 0.268 e. The third-order valence-electron chi connectivity index (χ3n) is 5.00. The Labute approximate surface area is 164 Å².